The molecule has 0 atom stereocenters. The number of rotatable bonds is 4. The van der Waals surface area contributed by atoms with Crippen molar-refractivity contribution in [3.63, 3.8) is 0 Å². The fourth-order valence-electron chi connectivity index (χ4n) is 4.67. The van der Waals surface area contributed by atoms with Crippen molar-refractivity contribution < 1.29 is 26.2 Å². The molecule has 0 amide bonds. The molecule has 0 saturated heterocycles. The molecule has 0 unspecified atom stereocenters. The van der Waals surface area contributed by atoms with Crippen LogP contribution in [0.2, 0.25) is 0 Å². The average molecular weight is 561 g/mol. The van der Waals surface area contributed by atoms with Crippen molar-refractivity contribution in [1.29, 1.82) is 0 Å². The predicted octanol–water partition coefficient (Wildman–Crippen LogP) is 11.5. The average Bonchev–Trinajstić information content (AvgIpc) is 3.33. The Bertz CT molecular complexity index is 1110. The van der Waals surface area contributed by atoms with Crippen LogP contribution in [0.25, 0.3) is 21.5 Å². The summed E-state index contributed by atoms with van der Waals surface area (Å²) in [6.45, 7) is 28.5. The van der Waals surface area contributed by atoms with E-state index in [-0.39, 0.29) is 33.6 Å². The molecule has 1 heteroatoms. The quantitative estimate of drug-likeness (QED) is 0.172. The predicted molar refractivity (Wildman–Crippen MR) is 163 cm³/mol. The van der Waals surface area contributed by atoms with Crippen molar-refractivity contribution in [1.82, 2.24) is 0 Å². The summed E-state index contributed by atoms with van der Waals surface area (Å²) in [7, 11) is 0. The van der Waals surface area contributed by atoms with Gasteiger partial charge in [0.2, 0.25) is 0 Å². The number of hydrogen-bond donors (Lipinski definition) is 0. The third-order valence-electron chi connectivity index (χ3n) is 6.62. The zero-order valence-corrected chi connectivity index (χ0v) is 27.3. The topological polar surface area (TPSA) is 0 Å². The molecule has 4 aromatic rings. The van der Waals surface area contributed by atoms with E-state index in [9.17, 15) is 0 Å². The summed E-state index contributed by atoms with van der Waals surface area (Å²) in [5.74, 6) is 2.42. The maximum Gasteiger partial charge on any atom is 3.00 e. The van der Waals surface area contributed by atoms with Crippen LogP contribution in [0.15, 0.2) is 61.7 Å². The van der Waals surface area contributed by atoms with E-state index in [0.29, 0.717) is 23.7 Å². The van der Waals surface area contributed by atoms with Gasteiger partial charge < -0.3 is 7.43 Å². The van der Waals surface area contributed by atoms with Crippen LogP contribution < -0.4 is 0 Å². The molecule has 4 aromatic carbocycles. The van der Waals surface area contributed by atoms with Crippen molar-refractivity contribution in [2.75, 3.05) is 0 Å². The van der Waals surface area contributed by atoms with Gasteiger partial charge in [0.15, 0.2) is 0 Å². The van der Waals surface area contributed by atoms with Gasteiger partial charge in [-0.2, -0.15) is 12.1 Å². The second kappa shape index (κ2) is 14.9. The van der Waals surface area contributed by atoms with Crippen molar-refractivity contribution in [3.05, 3.63) is 102 Å². The first-order valence-electron chi connectivity index (χ1n) is 12.9. The molecule has 0 aromatic heterocycles. The van der Waals surface area contributed by atoms with Gasteiger partial charge in [-0.1, -0.05) is 104 Å². The second-order valence-corrected chi connectivity index (χ2v) is 10.9. The molecule has 0 N–H and O–H groups in total. The third kappa shape index (κ3) is 8.14. The first-order chi connectivity index (χ1) is 16.0. The third-order valence-corrected chi connectivity index (χ3v) is 6.62. The molecule has 4 rings (SSSR count). The Labute approximate surface area is 242 Å². The Hall–Kier alpha value is -1.72. The molecule has 0 heterocycles. The van der Waals surface area contributed by atoms with Crippen LogP contribution >= 0.6 is 0 Å². The standard InChI is InChI=1S/2C16H21.C2H4.CH3.Zr/c2*1-10(2)13-8-14-6-12(5)7-16(14)15(9-13)11(3)4;1-2;;/h2*6-11H,1-5H3;1-2H2;1H3;/q2*-1;;-1;+3. The zero-order chi connectivity index (χ0) is 25.7. The molecule has 1 radical (unpaired) electrons. The normalized spacial score (nSPS) is 10.7. The van der Waals surface area contributed by atoms with Crippen LogP contribution in [0.3, 0.4) is 0 Å². The maximum absolute atomic E-state index is 3.00. The van der Waals surface area contributed by atoms with Gasteiger partial charge in [-0.3, -0.25) is 0 Å². The van der Waals surface area contributed by atoms with Crippen LogP contribution in [0.4, 0.5) is 0 Å². The molecule has 0 aliphatic rings. The Morgan fingerprint density at radius 3 is 1.08 bits per heavy atom. The van der Waals surface area contributed by atoms with Crippen LogP contribution in [0, 0.1) is 21.3 Å². The van der Waals surface area contributed by atoms with Gasteiger partial charge in [-0.05, 0) is 23.7 Å². The van der Waals surface area contributed by atoms with Gasteiger partial charge >= 0.3 is 26.2 Å². The fourth-order valence-corrected chi connectivity index (χ4v) is 4.67. The van der Waals surface area contributed by atoms with E-state index in [2.05, 4.69) is 131 Å². The van der Waals surface area contributed by atoms with E-state index in [4.69, 9.17) is 0 Å². The van der Waals surface area contributed by atoms with Crippen LogP contribution in [-0.4, -0.2) is 0 Å². The summed E-state index contributed by atoms with van der Waals surface area (Å²) in [5, 5.41) is 5.70. The molecular formula is C35H49Zr. The fraction of sp³-hybridized carbons (Fsp3) is 0.400. The molecule has 0 bridgehead atoms. The van der Waals surface area contributed by atoms with Crippen LogP contribution in [0.1, 0.15) is 112 Å². The first-order valence-corrected chi connectivity index (χ1v) is 12.9. The Morgan fingerprint density at radius 2 is 0.833 bits per heavy atom. The summed E-state index contributed by atoms with van der Waals surface area (Å²) in [4.78, 5) is 0. The van der Waals surface area contributed by atoms with Crippen molar-refractivity contribution in [2.24, 2.45) is 0 Å². The minimum Gasteiger partial charge on any atom is -0.358 e. The molecule has 0 aliphatic heterocycles. The smallest absolute Gasteiger partial charge is 0.358 e. The Balaban J connectivity index is 0.000000605. The number of aryl methyl sites for hydroxylation is 2. The number of hydrogen-bond acceptors (Lipinski definition) is 0. The first kappa shape index (κ1) is 34.3. The molecule has 193 valence electrons. The molecular weight excluding hydrogens is 512 g/mol. The van der Waals surface area contributed by atoms with Gasteiger partial charge in [0, 0.05) is 0 Å². The molecule has 0 spiro atoms. The largest absolute Gasteiger partial charge is 3.00 e. The van der Waals surface area contributed by atoms with Crippen LogP contribution in [-0.2, 0) is 26.2 Å². The number of fused-ring (bicyclic) bond motifs is 2. The van der Waals surface area contributed by atoms with E-state index >= 15 is 0 Å². The minimum absolute atomic E-state index is 0. The summed E-state index contributed by atoms with van der Waals surface area (Å²) in [5.41, 5.74) is 8.66. The van der Waals surface area contributed by atoms with Gasteiger partial charge in [0.1, 0.15) is 0 Å². The molecule has 0 nitrogen and oxygen atoms in total. The molecule has 36 heavy (non-hydrogen) atoms. The van der Waals surface area contributed by atoms with E-state index in [1.165, 1.54) is 54.9 Å². The van der Waals surface area contributed by atoms with Crippen molar-refractivity contribution in [2.45, 2.75) is 92.9 Å². The van der Waals surface area contributed by atoms with E-state index < -0.39 is 0 Å². The molecule has 0 saturated carbocycles. The molecule has 0 fully saturated rings. The van der Waals surface area contributed by atoms with Crippen molar-refractivity contribution >= 4 is 21.5 Å². The summed E-state index contributed by atoms with van der Waals surface area (Å²) >= 11 is 0. The SMILES string of the molecule is C=C.Cc1cc2c(C(C)C)cc(C(C)C)cc2[cH-]1.Cc1cc2c(C(C)C)cc(C(C)C)cc2[cH-]1.[CH3-].[Zr+3]. The summed E-state index contributed by atoms with van der Waals surface area (Å²) in [6, 6.07) is 18.7. The van der Waals surface area contributed by atoms with Gasteiger partial charge in [-0.15, -0.1) is 70.1 Å². The Kier molecular flexibility index (Phi) is 14.2. The minimum atomic E-state index is 0. The van der Waals surface area contributed by atoms with E-state index in [1.807, 2.05) is 0 Å². The summed E-state index contributed by atoms with van der Waals surface area (Å²) < 4.78 is 0. The monoisotopic (exact) mass is 559 g/mol. The van der Waals surface area contributed by atoms with Gasteiger partial charge in [0.05, 0.1) is 0 Å². The van der Waals surface area contributed by atoms with Crippen molar-refractivity contribution in [3.8, 4) is 0 Å². The second-order valence-electron chi connectivity index (χ2n) is 10.9. The summed E-state index contributed by atoms with van der Waals surface area (Å²) in [6.07, 6.45) is 0. The maximum atomic E-state index is 3.00. The van der Waals surface area contributed by atoms with Crippen LogP contribution in [0.5, 0.6) is 0 Å². The number of benzene rings is 2. The van der Waals surface area contributed by atoms with E-state index in [1.54, 1.807) is 0 Å². The zero-order valence-electron chi connectivity index (χ0n) is 24.8. The molecule has 0 aliphatic carbocycles. The van der Waals surface area contributed by atoms with E-state index in [0.717, 1.165) is 0 Å². The van der Waals surface area contributed by atoms with Gasteiger partial charge in [-0.25, -0.2) is 0 Å². The van der Waals surface area contributed by atoms with Gasteiger partial charge in [0.25, 0.3) is 0 Å². The Morgan fingerprint density at radius 1 is 0.528 bits per heavy atom.